The molecule has 2 N–H and O–H groups in total. The van der Waals surface area contributed by atoms with Crippen LogP contribution in [0.15, 0.2) is 47.7 Å². The van der Waals surface area contributed by atoms with Crippen molar-refractivity contribution in [2.45, 2.75) is 39.0 Å². The second-order valence-electron chi connectivity index (χ2n) is 6.43. The van der Waals surface area contributed by atoms with E-state index >= 15 is 0 Å². The van der Waals surface area contributed by atoms with Gasteiger partial charge in [-0.2, -0.15) is 0 Å². The molecule has 0 radical (unpaired) electrons. The quantitative estimate of drug-likeness (QED) is 0.419. The van der Waals surface area contributed by atoms with E-state index in [4.69, 9.17) is 4.74 Å². The Balaban J connectivity index is 1.81. The van der Waals surface area contributed by atoms with E-state index in [1.165, 1.54) is 31.4 Å². The van der Waals surface area contributed by atoms with Crippen molar-refractivity contribution in [3.8, 4) is 0 Å². The molecule has 0 aliphatic heterocycles. The SMILES string of the molecule is CC(=O)NC(=Cc1ccccc1)C(=O)OCC(=O)NCCC1=CCCCC1. The van der Waals surface area contributed by atoms with Crippen LogP contribution >= 0.6 is 0 Å². The first-order valence-electron chi connectivity index (χ1n) is 9.20. The normalized spacial score (nSPS) is 14.1. The lowest BCUT2D eigenvalue weighted by molar-refractivity contribution is -0.145. The van der Waals surface area contributed by atoms with Gasteiger partial charge in [0.1, 0.15) is 5.70 Å². The van der Waals surface area contributed by atoms with Gasteiger partial charge in [0.25, 0.3) is 5.91 Å². The molecule has 0 aromatic heterocycles. The number of allylic oxidation sites excluding steroid dienone is 1. The Morgan fingerprint density at radius 2 is 1.93 bits per heavy atom. The molecule has 0 unspecified atom stereocenters. The minimum absolute atomic E-state index is 0.00568. The largest absolute Gasteiger partial charge is 0.451 e. The van der Waals surface area contributed by atoms with Crippen LogP contribution in [-0.2, 0) is 19.1 Å². The highest BCUT2D eigenvalue weighted by atomic mass is 16.5. The van der Waals surface area contributed by atoms with Crippen LogP contribution in [0.25, 0.3) is 6.08 Å². The van der Waals surface area contributed by atoms with Crippen LogP contribution in [0.1, 0.15) is 44.6 Å². The summed E-state index contributed by atoms with van der Waals surface area (Å²) in [4.78, 5) is 35.4. The van der Waals surface area contributed by atoms with Gasteiger partial charge in [-0.1, -0.05) is 42.0 Å². The molecule has 1 aromatic rings. The lowest BCUT2D eigenvalue weighted by Crippen LogP contribution is -2.32. The van der Waals surface area contributed by atoms with Crippen LogP contribution in [0.3, 0.4) is 0 Å². The van der Waals surface area contributed by atoms with Gasteiger partial charge in [0.05, 0.1) is 0 Å². The van der Waals surface area contributed by atoms with Gasteiger partial charge in [0, 0.05) is 13.5 Å². The summed E-state index contributed by atoms with van der Waals surface area (Å²) in [5.41, 5.74) is 2.11. The molecule has 0 spiro atoms. The highest BCUT2D eigenvalue weighted by molar-refractivity contribution is 5.98. The predicted molar refractivity (Wildman–Crippen MR) is 103 cm³/mol. The second-order valence-corrected chi connectivity index (χ2v) is 6.43. The maximum absolute atomic E-state index is 12.2. The summed E-state index contributed by atoms with van der Waals surface area (Å²) < 4.78 is 5.03. The predicted octanol–water partition coefficient (Wildman–Crippen LogP) is 2.71. The Bertz CT molecular complexity index is 723. The monoisotopic (exact) mass is 370 g/mol. The molecule has 0 bridgehead atoms. The summed E-state index contributed by atoms with van der Waals surface area (Å²) in [5.74, 6) is -1.50. The highest BCUT2D eigenvalue weighted by Gasteiger charge is 2.15. The van der Waals surface area contributed by atoms with Crippen molar-refractivity contribution in [3.63, 3.8) is 0 Å². The molecule has 2 amide bonds. The van der Waals surface area contributed by atoms with Crippen molar-refractivity contribution in [2.24, 2.45) is 0 Å². The summed E-state index contributed by atoms with van der Waals surface area (Å²) in [6, 6.07) is 9.07. The molecule has 0 saturated carbocycles. The molecule has 144 valence electrons. The average Bonchev–Trinajstić information content (AvgIpc) is 2.67. The number of carbonyl (C=O) groups is 3. The van der Waals surface area contributed by atoms with Gasteiger partial charge in [-0.3, -0.25) is 9.59 Å². The standard InChI is InChI=1S/C21H26N2O4/c1-16(24)23-19(14-18-10-6-3-7-11-18)21(26)27-15-20(25)22-13-12-17-8-4-2-5-9-17/h3,6-8,10-11,14H,2,4-5,9,12-13,15H2,1H3,(H,22,25)(H,23,24). The Kier molecular flexibility index (Phi) is 8.29. The number of ether oxygens (including phenoxy) is 1. The maximum atomic E-state index is 12.2. The van der Waals surface area contributed by atoms with E-state index in [9.17, 15) is 14.4 Å². The van der Waals surface area contributed by atoms with Crippen LogP contribution < -0.4 is 10.6 Å². The van der Waals surface area contributed by atoms with Crippen LogP contribution in [0.4, 0.5) is 0 Å². The minimum Gasteiger partial charge on any atom is -0.451 e. The summed E-state index contributed by atoms with van der Waals surface area (Å²) in [5, 5.41) is 5.20. The van der Waals surface area contributed by atoms with E-state index in [1.807, 2.05) is 18.2 Å². The summed E-state index contributed by atoms with van der Waals surface area (Å²) in [6.07, 6.45) is 9.22. The average molecular weight is 370 g/mol. The molecule has 1 aromatic carbocycles. The number of hydrogen-bond donors (Lipinski definition) is 2. The van der Waals surface area contributed by atoms with Gasteiger partial charge in [0.15, 0.2) is 6.61 Å². The zero-order chi connectivity index (χ0) is 19.5. The van der Waals surface area contributed by atoms with E-state index in [-0.39, 0.29) is 24.1 Å². The van der Waals surface area contributed by atoms with Crippen LogP contribution in [-0.4, -0.2) is 30.9 Å². The topological polar surface area (TPSA) is 84.5 Å². The van der Waals surface area contributed by atoms with Gasteiger partial charge in [-0.15, -0.1) is 0 Å². The van der Waals surface area contributed by atoms with E-state index in [0.29, 0.717) is 6.54 Å². The van der Waals surface area contributed by atoms with E-state index in [1.54, 1.807) is 12.1 Å². The summed E-state index contributed by atoms with van der Waals surface area (Å²) >= 11 is 0. The Hall–Kier alpha value is -2.89. The molecule has 6 nitrogen and oxygen atoms in total. The fraction of sp³-hybridized carbons (Fsp3) is 0.381. The third kappa shape index (κ3) is 7.90. The van der Waals surface area contributed by atoms with Crippen LogP contribution in [0, 0.1) is 0 Å². The van der Waals surface area contributed by atoms with E-state index in [2.05, 4.69) is 16.7 Å². The van der Waals surface area contributed by atoms with Gasteiger partial charge in [-0.05, 0) is 43.7 Å². The lowest BCUT2D eigenvalue weighted by atomic mass is 9.97. The number of amides is 2. The van der Waals surface area contributed by atoms with Crippen LogP contribution in [0.2, 0.25) is 0 Å². The molecule has 0 atom stereocenters. The number of benzene rings is 1. The molecule has 0 fully saturated rings. The third-order valence-corrected chi connectivity index (χ3v) is 4.13. The first-order chi connectivity index (χ1) is 13.0. The van der Waals surface area contributed by atoms with Crippen molar-refractivity contribution in [2.75, 3.05) is 13.2 Å². The lowest BCUT2D eigenvalue weighted by Gasteiger charge is -2.13. The molecule has 2 rings (SSSR count). The van der Waals surface area contributed by atoms with Crippen LogP contribution in [0.5, 0.6) is 0 Å². The Morgan fingerprint density at radius 3 is 2.59 bits per heavy atom. The van der Waals surface area contributed by atoms with Crippen molar-refractivity contribution in [3.05, 3.63) is 53.2 Å². The van der Waals surface area contributed by atoms with Crippen molar-refractivity contribution < 1.29 is 19.1 Å². The summed E-state index contributed by atoms with van der Waals surface area (Å²) in [7, 11) is 0. The minimum atomic E-state index is -0.751. The molecule has 1 aliphatic carbocycles. The smallest absolute Gasteiger partial charge is 0.355 e. The zero-order valence-electron chi connectivity index (χ0n) is 15.6. The first-order valence-corrected chi connectivity index (χ1v) is 9.20. The maximum Gasteiger partial charge on any atom is 0.355 e. The van der Waals surface area contributed by atoms with Crippen molar-refractivity contribution >= 4 is 23.9 Å². The third-order valence-electron chi connectivity index (χ3n) is 4.13. The molecular weight excluding hydrogens is 344 g/mol. The molecule has 0 heterocycles. The number of nitrogens with one attached hydrogen (secondary N) is 2. The Labute approximate surface area is 159 Å². The highest BCUT2D eigenvalue weighted by Crippen LogP contribution is 2.19. The zero-order valence-corrected chi connectivity index (χ0v) is 15.6. The molecule has 6 heteroatoms. The molecular formula is C21H26N2O4. The van der Waals surface area contributed by atoms with Crippen molar-refractivity contribution in [1.82, 2.24) is 10.6 Å². The van der Waals surface area contributed by atoms with Crippen molar-refractivity contribution in [1.29, 1.82) is 0 Å². The van der Waals surface area contributed by atoms with E-state index < -0.39 is 5.97 Å². The molecule has 1 aliphatic rings. The van der Waals surface area contributed by atoms with Gasteiger partial charge < -0.3 is 15.4 Å². The second kappa shape index (κ2) is 11.0. The number of carbonyl (C=O) groups excluding carboxylic acids is 3. The van der Waals surface area contributed by atoms with Gasteiger partial charge in [-0.25, -0.2) is 4.79 Å². The van der Waals surface area contributed by atoms with E-state index in [0.717, 1.165) is 24.8 Å². The summed E-state index contributed by atoms with van der Waals surface area (Å²) in [6.45, 7) is 1.45. The number of hydrogen-bond acceptors (Lipinski definition) is 4. The molecule has 27 heavy (non-hydrogen) atoms. The Morgan fingerprint density at radius 1 is 1.15 bits per heavy atom. The molecule has 0 saturated heterocycles. The first kappa shape index (κ1) is 20.4. The fourth-order valence-electron chi connectivity index (χ4n) is 2.81. The number of rotatable bonds is 8. The van der Waals surface area contributed by atoms with Gasteiger partial charge >= 0.3 is 5.97 Å². The van der Waals surface area contributed by atoms with Gasteiger partial charge in [0.2, 0.25) is 5.91 Å². The fourth-order valence-corrected chi connectivity index (χ4v) is 2.81. The number of esters is 1.